The summed E-state index contributed by atoms with van der Waals surface area (Å²) in [5.74, 6) is 0. The minimum atomic E-state index is 0.257. The monoisotopic (exact) mass is 378 g/mol. The second-order valence-corrected chi connectivity index (χ2v) is 7.04. The summed E-state index contributed by atoms with van der Waals surface area (Å²) in [6.07, 6.45) is 3.79. The molecule has 0 N–H and O–H groups in total. The Morgan fingerprint density at radius 1 is 1.00 bits per heavy atom. The molecule has 98 valence electrons. The Labute approximate surface area is 131 Å². The lowest BCUT2D eigenvalue weighted by Crippen LogP contribution is -1.96. The van der Waals surface area contributed by atoms with Gasteiger partial charge in [0.1, 0.15) is 0 Å². The lowest BCUT2D eigenvalue weighted by atomic mass is 9.99. The quantitative estimate of drug-likeness (QED) is 0.584. The lowest BCUT2D eigenvalue weighted by Gasteiger charge is -2.15. The van der Waals surface area contributed by atoms with Crippen LogP contribution < -0.4 is 0 Å². The summed E-state index contributed by atoms with van der Waals surface area (Å²) in [5, 5.41) is 0. The Hall–Kier alpha value is -0.600. The van der Waals surface area contributed by atoms with Crippen molar-refractivity contribution in [3.05, 3.63) is 68.7 Å². The molecule has 3 rings (SSSR count). The zero-order valence-electron chi connectivity index (χ0n) is 10.9. The number of aryl methyl sites for hydroxylation is 3. The highest BCUT2D eigenvalue weighted by Crippen LogP contribution is 2.37. The minimum Gasteiger partial charge on any atom is -0.0786 e. The lowest BCUT2D eigenvalue weighted by molar-refractivity contribution is 0.911. The predicted molar refractivity (Wildman–Crippen MR) is 88.1 cm³/mol. The summed E-state index contributed by atoms with van der Waals surface area (Å²) in [6.45, 7) is 2.14. The van der Waals surface area contributed by atoms with Crippen LogP contribution in [0, 0.1) is 6.92 Å². The number of fused-ring (bicyclic) bond motifs is 1. The summed E-state index contributed by atoms with van der Waals surface area (Å²) in [4.78, 5) is 0.257. The normalized spacial score (nSPS) is 15.3. The molecule has 0 amide bonds. The largest absolute Gasteiger partial charge is 0.0786 e. The van der Waals surface area contributed by atoms with Crippen LogP contribution in [0.1, 0.15) is 39.1 Å². The van der Waals surface area contributed by atoms with Crippen molar-refractivity contribution in [3.63, 3.8) is 0 Å². The minimum absolute atomic E-state index is 0.257. The molecule has 1 unspecified atom stereocenters. The van der Waals surface area contributed by atoms with Gasteiger partial charge in [0.25, 0.3) is 0 Å². The maximum Gasteiger partial charge on any atom is 0.0655 e. The maximum absolute atomic E-state index is 3.86. The fourth-order valence-corrected chi connectivity index (χ4v) is 4.23. The smallest absolute Gasteiger partial charge is 0.0655 e. The molecule has 0 radical (unpaired) electrons. The second-order valence-electron chi connectivity index (χ2n) is 5.27. The molecule has 0 nitrogen and oxygen atoms in total. The van der Waals surface area contributed by atoms with Crippen LogP contribution in [-0.4, -0.2) is 0 Å². The van der Waals surface area contributed by atoms with E-state index in [4.69, 9.17) is 0 Å². The number of halogens is 2. The molecule has 0 saturated carbocycles. The van der Waals surface area contributed by atoms with Gasteiger partial charge in [0, 0.05) is 4.47 Å². The highest BCUT2D eigenvalue weighted by molar-refractivity contribution is 9.11. The van der Waals surface area contributed by atoms with Crippen LogP contribution >= 0.6 is 31.9 Å². The molecule has 0 saturated heterocycles. The number of hydrogen-bond donors (Lipinski definition) is 0. The number of hydrogen-bond acceptors (Lipinski definition) is 0. The molecular weight excluding hydrogens is 364 g/mol. The maximum atomic E-state index is 3.86. The Bertz CT molecular complexity index is 617. The standard InChI is InChI=1S/C17H16Br2/c1-11-5-8-16(18)15(9-11)17(19)14-7-6-12-3-2-4-13(12)10-14/h5-10,17H,2-4H2,1H3. The van der Waals surface area contributed by atoms with Crippen molar-refractivity contribution in [3.8, 4) is 0 Å². The molecule has 0 heterocycles. The van der Waals surface area contributed by atoms with E-state index < -0.39 is 0 Å². The van der Waals surface area contributed by atoms with E-state index >= 15 is 0 Å². The molecule has 19 heavy (non-hydrogen) atoms. The van der Waals surface area contributed by atoms with E-state index in [0.717, 1.165) is 0 Å². The average molecular weight is 380 g/mol. The number of rotatable bonds is 2. The third-order valence-electron chi connectivity index (χ3n) is 3.84. The van der Waals surface area contributed by atoms with Gasteiger partial charge in [-0.3, -0.25) is 0 Å². The van der Waals surface area contributed by atoms with Crippen LogP contribution in [0.5, 0.6) is 0 Å². The summed E-state index contributed by atoms with van der Waals surface area (Å²) in [5.41, 5.74) is 7.02. The highest BCUT2D eigenvalue weighted by Gasteiger charge is 2.17. The molecule has 2 aromatic carbocycles. The van der Waals surface area contributed by atoms with Crippen molar-refractivity contribution < 1.29 is 0 Å². The van der Waals surface area contributed by atoms with Crippen molar-refractivity contribution in [2.24, 2.45) is 0 Å². The van der Waals surface area contributed by atoms with Gasteiger partial charge in [-0.15, -0.1) is 0 Å². The van der Waals surface area contributed by atoms with Crippen LogP contribution in [0.3, 0.4) is 0 Å². The third-order valence-corrected chi connectivity index (χ3v) is 5.58. The van der Waals surface area contributed by atoms with Gasteiger partial charge < -0.3 is 0 Å². The van der Waals surface area contributed by atoms with Gasteiger partial charge in [-0.1, -0.05) is 67.8 Å². The van der Waals surface area contributed by atoms with Crippen molar-refractivity contribution >= 4 is 31.9 Å². The first kappa shape index (κ1) is 13.4. The molecule has 2 heteroatoms. The second kappa shape index (κ2) is 5.41. The van der Waals surface area contributed by atoms with Gasteiger partial charge in [-0.2, -0.15) is 0 Å². The van der Waals surface area contributed by atoms with E-state index in [0.29, 0.717) is 0 Å². The fraction of sp³-hybridized carbons (Fsp3) is 0.294. The average Bonchev–Trinajstić information content (AvgIpc) is 2.88. The van der Waals surface area contributed by atoms with Crippen LogP contribution in [0.25, 0.3) is 0 Å². The zero-order chi connectivity index (χ0) is 13.4. The zero-order valence-corrected chi connectivity index (χ0v) is 14.1. The summed E-state index contributed by atoms with van der Waals surface area (Å²) in [7, 11) is 0. The molecule has 1 aliphatic carbocycles. The van der Waals surface area contributed by atoms with Crippen molar-refractivity contribution in [1.29, 1.82) is 0 Å². The Balaban J connectivity index is 1.99. The number of benzene rings is 2. The molecule has 0 spiro atoms. The van der Waals surface area contributed by atoms with E-state index in [1.165, 1.54) is 51.6 Å². The van der Waals surface area contributed by atoms with Gasteiger partial charge in [0.15, 0.2) is 0 Å². The van der Waals surface area contributed by atoms with Crippen molar-refractivity contribution in [2.75, 3.05) is 0 Å². The Morgan fingerprint density at radius 2 is 1.79 bits per heavy atom. The summed E-state index contributed by atoms with van der Waals surface area (Å²) in [6, 6.07) is 13.4. The van der Waals surface area contributed by atoms with Gasteiger partial charge >= 0.3 is 0 Å². The first-order valence-electron chi connectivity index (χ1n) is 6.67. The van der Waals surface area contributed by atoms with Gasteiger partial charge in [-0.05, 0) is 54.5 Å². The molecule has 1 atom stereocenters. The van der Waals surface area contributed by atoms with E-state index in [1.54, 1.807) is 0 Å². The molecular formula is C17H16Br2. The molecule has 0 aromatic heterocycles. The van der Waals surface area contributed by atoms with Gasteiger partial charge in [-0.25, -0.2) is 0 Å². The molecule has 0 bridgehead atoms. The highest BCUT2D eigenvalue weighted by atomic mass is 79.9. The van der Waals surface area contributed by atoms with Crippen LogP contribution in [0.2, 0.25) is 0 Å². The summed E-state index contributed by atoms with van der Waals surface area (Å²) >= 11 is 7.52. The number of alkyl halides is 1. The first-order chi connectivity index (χ1) is 9.15. The Kier molecular flexibility index (Phi) is 3.81. The fourth-order valence-electron chi connectivity index (χ4n) is 2.79. The topological polar surface area (TPSA) is 0 Å². The van der Waals surface area contributed by atoms with E-state index in [-0.39, 0.29) is 4.83 Å². The molecule has 1 aliphatic rings. The van der Waals surface area contributed by atoms with Gasteiger partial charge in [0.2, 0.25) is 0 Å². The molecule has 0 fully saturated rings. The van der Waals surface area contributed by atoms with Crippen molar-refractivity contribution in [1.82, 2.24) is 0 Å². The molecule has 0 aliphatic heterocycles. The van der Waals surface area contributed by atoms with E-state index in [1.807, 2.05) is 0 Å². The van der Waals surface area contributed by atoms with Crippen LogP contribution in [-0.2, 0) is 12.8 Å². The SMILES string of the molecule is Cc1ccc(Br)c(C(Br)c2ccc3c(c2)CCC3)c1. The van der Waals surface area contributed by atoms with Gasteiger partial charge in [0.05, 0.1) is 4.83 Å². The first-order valence-corrected chi connectivity index (χ1v) is 8.38. The van der Waals surface area contributed by atoms with Crippen LogP contribution in [0.15, 0.2) is 40.9 Å². The summed E-state index contributed by atoms with van der Waals surface area (Å²) < 4.78 is 1.17. The van der Waals surface area contributed by atoms with E-state index in [9.17, 15) is 0 Å². The predicted octanol–water partition coefficient (Wildman–Crippen LogP) is 5.73. The van der Waals surface area contributed by atoms with Crippen molar-refractivity contribution in [2.45, 2.75) is 31.0 Å². The Morgan fingerprint density at radius 3 is 2.63 bits per heavy atom. The van der Waals surface area contributed by atoms with Crippen LogP contribution in [0.4, 0.5) is 0 Å². The molecule has 2 aromatic rings. The third kappa shape index (κ3) is 2.66. The van der Waals surface area contributed by atoms with E-state index in [2.05, 4.69) is 75.2 Å².